The molecule has 1 heterocycles. The zero-order chi connectivity index (χ0) is 13.4. The summed E-state index contributed by atoms with van der Waals surface area (Å²) in [5, 5.41) is 4.45. The van der Waals surface area contributed by atoms with Gasteiger partial charge in [-0.1, -0.05) is 40.6 Å². The van der Waals surface area contributed by atoms with Crippen LogP contribution in [0, 0.1) is 5.82 Å². The summed E-state index contributed by atoms with van der Waals surface area (Å²) in [6.07, 6.45) is 0. The van der Waals surface area contributed by atoms with E-state index in [0.29, 0.717) is 15.8 Å². The fourth-order valence-electron chi connectivity index (χ4n) is 1.67. The fourth-order valence-corrected chi connectivity index (χ4v) is 2.96. The lowest BCUT2D eigenvalue weighted by molar-refractivity contribution is 0.629. The van der Waals surface area contributed by atoms with Gasteiger partial charge in [-0.25, -0.2) is 9.37 Å². The second-order valence-electron chi connectivity index (χ2n) is 3.86. The molecule has 1 N–H and O–H groups in total. The molecule has 2 nitrogen and oxygen atoms in total. The number of aromatic nitrogens is 1. The number of fused-ring (bicyclic) bond motifs is 1. The maximum Gasteiger partial charge on any atom is 0.188 e. The molecule has 0 saturated carbocycles. The Labute approximate surface area is 122 Å². The molecule has 3 aromatic rings. The third-order valence-corrected chi connectivity index (χ3v) is 4.29. The third kappa shape index (κ3) is 2.52. The van der Waals surface area contributed by atoms with Gasteiger partial charge in [-0.05, 0) is 30.3 Å². The number of benzene rings is 2. The van der Waals surface area contributed by atoms with E-state index in [1.54, 1.807) is 6.07 Å². The molecule has 0 unspecified atom stereocenters. The largest absolute Gasteiger partial charge is 0.331 e. The molecule has 96 valence electrons. The Kier molecular flexibility index (Phi) is 3.31. The fraction of sp³-hybridized carbons (Fsp3) is 0. The zero-order valence-corrected chi connectivity index (χ0v) is 11.8. The summed E-state index contributed by atoms with van der Waals surface area (Å²) in [5.41, 5.74) is 1.41. The van der Waals surface area contributed by atoms with Crippen LogP contribution in [0.1, 0.15) is 0 Å². The van der Waals surface area contributed by atoms with Gasteiger partial charge in [-0.15, -0.1) is 0 Å². The van der Waals surface area contributed by atoms with E-state index >= 15 is 0 Å². The molecule has 0 fully saturated rings. The van der Waals surface area contributed by atoms with Crippen molar-refractivity contribution in [3.05, 3.63) is 52.3 Å². The minimum absolute atomic E-state index is 0.0953. The van der Waals surface area contributed by atoms with Gasteiger partial charge in [-0.2, -0.15) is 0 Å². The molecule has 0 atom stereocenters. The average molecular weight is 313 g/mol. The maximum atomic E-state index is 13.3. The highest BCUT2D eigenvalue weighted by Crippen LogP contribution is 2.33. The smallest absolute Gasteiger partial charge is 0.188 e. The molecular formula is C13H7Cl2FN2S. The summed E-state index contributed by atoms with van der Waals surface area (Å²) >= 11 is 13.1. The number of thiazole rings is 1. The Morgan fingerprint density at radius 3 is 2.68 bits per heavy atom. The highest BCUT2D eigenvalue weighted by atomic mass is 35.5. The second-order valence-corrected chi connectivity index (χ2v) is 5.67. The van der Waals surface area contributed by atoms with Gasteiger partial charge in [-0.3, -0.25) is 0 Å². The molecule has 6 heteroatoms. The van der Waals surface area contributed by atoms with Crippen molar-refractivity contribution >= 4 is 55.6 Å². The first kappa shape index (κ1) is 12.7. The van der Waals surface area contributed by atoms with Crippen molar-refractivity contribution in [3.8, 4) is 0 Å². The minimum Gasteiger partial charge on any atom is -0.331 e. The van der Waals surface area contributed by atoms with Gasteiger partial charge in [0.1, 0.15) is 5.82 Å². The van der Waals surface area contributed by atoms with E-state index in [4.69, 9.17) is 23.2 Å². The topological polar surface area (TPSA) is 24.9 Å². The maximum absolute atomic E-state index is 13.3. The van der Waals surface area contributed by atoms with Crippen molar-refractivity contribution in [3.63, 3.8) is 0 Å². The van der Waals surface area contributed by atoms with Gasteiger partial charge in [0.05, 0.1) is 20.3 Å². The summed E-state index contributed by atoms with van der Waals surface area (Å²) in [5.74, 6) is -0.467. The Hall–Kier alpha value is -1.36. The molecule has 0 aliphatic carbocycles. The lowest BCUT2D eigenvalue weighted by atomic mass is 10.3. The van der Waals surface area contributed by atoms with E-state index in [0.717, 1.165) is 10.2 Å². The molecule has 0 saturated heterocycles. The number of anilines is 2. The number of hydrogen-bond acceptors (Lipinski definition) is 3. The number of halogens is 3. The highest BCUT2D eigenvalue weighted by Gasteiger charge is 2.08. The molecule has 3 rings (SSSR count). The van der Waals surface area contributed by atoms with Gasteiger partial charge < -0.3 is 5.32 Å². The number of rotatable bonds is 2. The molecule has 2 aromatic carbocycles. The second kappa shape index (κ2) is 4.96. The summed E-state index contributed by atoms with van der Waals surface area (Å²) < 4.78 is 14.2. The lowest BCUT2D eigenvalue weighted by Crippen LogP contribution is -1.90. The lowest BCUT2D eigenvalue weighted by Gasteiger charge is -2.02. The SMILES string of the molecule is Fc1cc(Nc2nc3cccc(Cl)c3s2)ccc1Cl. The first-order chi connectivity index (χ1) is 9.13. The van der Waals surface area contributed by atoms with Gasteiger partial charge in [0.15, 0.2) is 5.13 Å². The first-order valence-electron chi connectivity index (χ1n) is 5.40. The summed E-state index contributed by atoms with van der Waals surface area (Å²) in [7, 11) is 0. The number of nitrogens with one attached hydrogen (secondary N) is 1. The highest BCUT2D eigenvalue weighted by molar-refractivity contribution is 7.22. The normalized spacial score (nSPS) is 10.9. The number of nitrogens with zero attached hydrogens (tertiary/aromatic N) is 1. The Morgan fingerprint density at radius 1 is 1.11 bits per heavy atom. The van der Waals surface area contributed by atoms with Crippen molar-refractivity contribution in [1.29, 1.82) is 0 Å². The Bertz CT molecular complexity index is 757. The van der Waals surface area contributed by atoms with Crippen LogP contribution in [0.2, 0.25) is 10.0 Å². The van der Waals surface area contributed by atoms with Crippen LogP contribution in [-0.2, 0) is 0 Å². The first-order valence-corrected chi connectivity index (χ1v) is 6.98. The van der Waals surface area contributed by atoms with Crippen LogP contribution in [0.4, 0.5) is 15.2 Å². The monoisotopic (exact) mass is 312 g/mol. The molecule has 0 aliphatic rings. The van der Waals surface area contributed by atoms with E-state index in [-0.39, 0.29) is 5.02 Å². The molecule has 1 aromatic heterocycles. The van der Waals surface area contributed by atoms with E-state index in [9.17, 15) is 4.39 Å². The van der Waals surface area contributed by atoms with Gasteiger partial charge in [0.25, 0.3) is 0 Å². The van der Waals surface area contributed by atoms with Gasteiger partial charge in [0, 0.05) is 5.69 Å². The van der Waals surface area contributed by atoms with Crippen LogP contribution < -0.4 is 5.32 Å². The molecular weight excluding hydrogens is 306 g/mol. The van der Waals surface area contributed by atoms with E-state index in [1.807, 2.05) is 18.2 Å². The summed E-state index contributed by atoms with van der Waals surface area (Å²) in [4.78, 5) is 4.39. The van der Waals surface area contributed by atoms with Gasteiger partial charge >= 0.3 is 0 Å². The third-order valence-electron chi connectivity index (χ3n) is 2.54. The predicted molar refractivity (Wildman–Crippen MR) is 79.3 cm³/mol. The number of hydrogen-bond donors (Lipinski definition) is 1. The van der Waals surface area contributed by atoms with Crippen LogP contribution >= 0.6 is 34.5 Å². The predicted octanol–water partition coefficient (Wildman–Crippen LogP) is 5.49. The van der Waals surface area contributed by atoms with Gasteiger partial charge in [0.2, 0.25) is 0 Å². The zero-order valence-electron chi connectivity index (χ0n) is 9.45. The molecule has 0 amide bonds. The van der Waals surface area contributed by atoms with Crippen LogP contribution in [0.5, 0.6) is 0 Å². The van der Waals surface area contributed by atoms with Crippen LogP contribution in [-0.4, -0.2) is 4.98 Å². The Balaban J connectivity index is 1.96. The van der Waals surface area contributed by atoms with Crippen LogP contribution in [0.25, 0.3) is 10.2 Å². The van der Waals surface area contributed by atoms with Crippen LogP contribution in [0.15, 0.2) is 36.4 Å². The average Bonchev–Trinajstić information content (AvgIpc) is 2.78. The van der Waals surface area contributed by atoms with E-state index < -0.39 is 5.82 Å². The van der Waals surface area contributed by atoms with Crippen molar-refractivity contribution in [2.45, 2.75) is 0 Å². The quantitative estimate of drug-likeness (QED) is 0.677. The minimum atomic E-state index is -0.467. The van der Waals surface area contributed by atoms with Crippen molar-refractivity contribution in [2.75, 3.05) is 5.32 Å². The standard InChI is InChI=1S/C13H7Cl2FN2S/c14-8-5-4-7(6-10(8)16)17-13-18-11-3-1-2-9(15)12(11)19-13/h1-6H,(H,17,18). The van der Waals surface area contributed by atoms with Crippen molar-refractivity contribution < 1.29 is 4.39 Å². The van der Waals surface area contributed by atoms with E-state index in [2.05, 4.69) is 10.3 Å². The summed E-state index contributed by atoms with van der Waals surface area (Å²) in [6, 6.07) is 10.1. The van der Waals surface area contributed by atoms with Crippen molar-refractivity contribution in [2.24, 2.45) is 0 Å². The summed E-state index contributed by atoms with van der Waals surface area (Å²) in [6.45, 7) is 0. The molecule has 0 spiro atoms. The molecule has 0 aliphatic heterocycles. The molecule has 0 radical (unpaired) electrons. The van der Waals surface area contributed by atoms with E-state index in [1.165, 1.54) is 23.5 Å². The molecule has 0 bridgehead atoms. The van der Waals surface area contributed by atoms with Crippen molar-refractivity contribution in [1.82, 2.24) is 4.98 Å². The molecule has 19 heavy (non-hydrogen) atoms. The van der Waals surface area contributed by atoms with Crippen LogP contribution in [0.3, 0.4) is 0 Å². The Morgan fingerprint density at radius 2 is 1.95 bits per heavy atom.